The molecule has 0 saturated heterocycles. The molecule has 104 valence electrons. The summed E-state index contributed by atoms with van der Waals surface area (Å²) >= 11 is 4.38. The van der Waals surface area contributed by atoms with E-state index in [4.69, 9.17) is 0 Å². The molecule has 0 aliphatic heterocycles. The van der Waals surface area contributed by atoms with Crippen molar-refractivity contribution < 1.29 is 4.79 Å². The van der Waals surface area contributed by atoms with Gasteiger partial charge in [0.15, 0.2) is 0 Å². The Morgan fingerprint density at radius 1 is 1.26 bits per heavy atom. The van der Waals surface area contributed by atoms with E-state index in [0.29, 0.717) is 17.0 Å². The molecule has 2 nitrogen and oxygen atoms in total. The minimum absolute atomic E-state index is 0.0929. The number of carbonyl (C=O) groups excluding carboxylic acids is 1. The van der Waals surface area contributed by atoms with Crippen LogP contribution in [-0.4, -0.2) is 23.9 Å². The lowest BCUT2D eigenvalue weighted by atomic mass is 9.75. The molecule has 1 fully saturated rings. The van der Waals surface area contributed by atoms with Crippen LogP contribution in [0.15, 0.2) is 29.2 Å². The van der Waals surface area contributed by atoms with Crippen molar-refractivity contribution in [1.29, 1.82) is 0 Å². The summed E-state index contributed by atoms with van der Waals surface area (Å²) in [6, 6.07) is 7.89. The highest BCUT2D eigenvalue weighted by Crippen LogP contribution is 2.37. The van der Waals surface area contributed by atoms with Crippen molar-refractivity contribution in [3.8, 4) is 0 Å². The standard InChI is InChI=1S/C16H23NOS/c1-16(2)10-8-12(9-11-16)17(3)15(18)13-6-4-5-7-14(13)19/h4-7,12,19H,8-11H2,1-3H3. The summed E-state index contributed by atoms with van der Waals surface area (Å²) in [6.45, 7) is 4.63. The maximum atomic E-state index is 12.5. The third-order valence-electron chi connectivity index (χ3n) is 4.31. The topological polar surface area (TPSA) is 20.3 Å². The van der Waals surface area contributed by atoms with Crippen LogP contribution in [-0.2, 0) is 0 Å². The van der Waals surface area contributed by atoms with Gasteiger partial charge >= 0.3 is 0 Å². The van der Waals surface area contributed by atoms with E-state index in [0.717, 1.165) is 17.7 Å². The highest BCUT2D eigenvalue weighted by molar-refractivity contribution is 7.80. The van der Waals surface area contributed by atoms with Gasteiger partial charge in [-0.05, 0) is 43.2 Å². The first kappa shape index (κ1) is 14.4. The first-order chi connectivity index (χ1) is 8.91. The van der Waals surface area contributed by atoms with Gasteiger partial charge < -0.3 is 4.90 Å². The second-order valence-corrected chi connectivity index (χ2v) is 6.81. The molecule has 1 amide bonds. The maximum Gasteiger partial charge on any atom is 0.254 e. The number of hydrogen-bond donors (Lipinski definition) is 1. The second-order valence-electron chi connectivity index (χ2n) is 6.33. The number of nitrogens with zero attached hydrogens (tertiary/aromatic N) is 1. The Morgan fingerprint density at radius 2 is 1.84 bits per heavy atom. The van der Waals surface area contributed by atoms with Gasteiger partial charge in [0.1, 0.15) is 0 Å². The SMILES string of the molecule is CN(C(=O)c1ccccc1S)C1CCC(C)(C)CC1. The maximum absolute atomic E-state index is 12.5. The van der Waals surface area contributed by atoms with E-state index in [9.17, 15) is 4.79 Å². The number of benzene rings is 1. The van der Waals surface area contributed by atoms with Crippen molar-refractivity contribution in [3.63, 3.8) is 0 Å². The van der Waals surface area contributed by atoms with Gasteiger partial charge in [0.25, 0.3) is 5.91 Å². The van der Waals surface area contributed by atoms with E-state index in [1.807, 2.05) is 36.2 Å². The number of carbonyl (C=O) groups is 1. The highest BCUT2D eigenvalue weighted by atomic mass is 32.1. The smallest absolute Gasteiger partial charge is 0.254 e. The van der Waals surface area contributed by atoms with Crippen LogP contribution < -0.4 is 0 Å². The van der Waals surface area contributed by atoms with Crippen LogP contribution in [0.25, 0.3) is 0 Å². The predicted octanol–water partition coefficient (Wildman–Crippen LogP) is 4.02. The number of thiol groups is 1. The van der Waals surface area contributed by atoms with Crippen molar-refractivity contribution in [2.24, 2.45) is 5.41 Å². The summed E-state index contributed by atoms with van der Waals surface area (Å²) in [6.07, 6.45) is 4.59. The van der Waals surface area contributed by atoms with Crippen molar-refractivity contribution in [2.45, 2.75) is 50.5 Å². The molecular weight excluding hydrogens is 254 g/mol. The van der Waals surface area contributed by atoms with E-state index in [-0.39, 0.29) is 5.91 Å². The summed E-state index contributed by atoms with van der Waals surface area (Å²) in [5, 5.41) is 0. The van der Waals surface area contributed by atoms with Gasteiger partial charge in [0, 0.05) is 18.0 Å². The average molecular weight is 277 g/mol. The molecule has 1 aromatic rings. The van der Waals surface area contributed by atoms with E-state index in [1.165, 1.54) is 12.8 Å². The monoisotopic (exact) mass is 277 g/mol. The quantitative estimate of drug-likeness (QED) is 0.810. The fourth-order valence-electron chi connectivity index (χ4n) is 2.78. The highest BCUT2D eigenvalue weighted by Gasteiger charge is 2.31. The number of hydrogen-bond acceptors (Lipinski definition) is 2. The Balaban J connectivity index is 2.06. The van der Waals surface area contributed by atoms with Gasteiger partial charge in [-0.25, -0.2) is 0 Å². The average Bonchev–Trinajstić information content (AvgIpc) is 2.38. The van der Waals surface area contributed by atoms with Crippen molar-refractivity contribution in [3.05, 3.63) is 29.8 Å². The minimum atomic E-state index is 0.0929. The molecule has 0 unspecified atom stereocenters. The molecule has 0 aromatic heterocycles. The Morgan fingerprint density at radius 3 is 2.42 bits per heavy atom. The van der Waals surface area contributed by atoms with Crippen LogP contribution in [0.5, 0.6) is 0 Å². The van der Waals surface area contributed by atoms with Crippen LogP contribution >= 0.6 is 12.6 Å². The molecule has 1 aromatic carbocycles. The van der Waals surface area contributed by atoms with Gasteiger partial charge in [-0.1, -0.05) is 26.0 Å². The molecule has 0 heterocycles. The summed E-state index contributed by atoms with van der Waals surface area (Å²) in [5.74, 6) is 0.0929. The predicted molar refractivity (Wildman–Crippen MR) is 81.8 cm³/mol. The van der Waals surface area contributed by atoms with Gasteiger partial charge in [0.05, 0.1) is 5.56 Å². The zero-order valence-electron chi connectivity index (χ0n) is 12.0. The second kappa shape index (κ2) is 5.58. The third-order valence-corrected chi connectivity index (χ3v) is 4.70. The molecule has 0 atom stereocenters. The van der Waals surface area contributed by atoms with E-state index < -0.39 is 0 Å². The fraction of sp³-hybridized carbons (Fsp3) is 0.562. The van der Waals surface area contributed by atoms with E-state index in [1.54, 1.807) is 0 Å². The molecule has 0 bridgehead atoms. The molecule has 2 rings (SSSR count). The van der Waals surface area contributed by atoms with Gasteiger partial charge in [0.2, 0.25) is 0 Å². The molecule has 0 spiro atoms. The Kier molecular flexibility index (Phi) is 4.24. The Labute approximate surface area is 121 Å². The molecule has 0 N–H and O–H groups in total. The third kappa shape index (κ3) is 3.33. The lowest BCUT2D eigenvalue weighted by Crippen LogP contribution is -2.41. The van der Waals surface area contributed by atoms with Crippen LogP contribution in [0.3, 0.4) is 0 Å². The van der Waals surface area contributed by atoms with Crippen LogP contribution in [0.4, 0.5) is 0 Å². The fourth-order valence-corrected chi connectivity index (χ4v) is 3.04. The van der Waals surface area contributed by atoms with Gasteiger partial charge in [-0.2, -0.15) is 0 Å². The normalized spacial score (nSPS) is 19.2. The molecule has 1 saturated carbocycles. The summed E-state index contributed by atoms with van der Waals surface area (Å²) in [4.78, 5) is 15.2. The van der Waals surface area contributed by atoms with Crippen LogP contribution in [0.2, 0.25) is 0 Å². The zero-order chi connectivity index (χ0) is 14.0. The molecule has 1 aliphatic carbocycles. The zero-order valence-corrected chi connectivity index (χ0v) is 12.9. The van der Waals surface area contributed by atoms with Crippen molar-refractivity contribution in [1.82, 2.24) is 4.90 Å². The van der Waals surface area contributed by atoms with Gasteiger partial charge in [-0.15, -0.1) is 12.6 Å². The van der Waals surface area contributed by atoms with Crippen LogP contribution in [0.1, 0.15) is 49.9 Å². The van der Waals surface area contributed by atoms with E-state index in [2.05, 4.69) is 26.5 Å². The Bertz CT molecular complexity index is 460. The van der Waals surface area contributed by atoms with Crippen molar-refractivity contribution in [2.75, 3.05) is 7.05 Å². The molecule has 0 radical (unpaired) electrons. The van der Waals surface area contributed by atoms with Gasteiger partial charge in [-0.3, -0.25) is 4.79 Å². The first-order valence-electron chi connectivity index (χ1n) is 6.96. The summed E-state index contributed by atoms with van der Waals surface area (Å²) < 4.78 is 0. The largest absolute Gasteiger partial charge is 0.339 e. The molecular formula is C16H23NOS. The molecule has 3 heteroatoms. The molecule has 1 aliphatic rings. The first-order valence-corrected chi connectivity index (χ1v) is 7.40. The number of amides is 1. The lowest BCUT2D eigenvalue weighted by Gasteiger charge is -2.38. The summed E-state index contributed by atoms with van der Waals surface area (Å²) in [7, 11) is 1.92. The number of rotatable bonds is 2. The van der Waals surface area contributed by atoms with Crippen LogP contribution in [0, 0.1) is 5.41 Å². The molecule has 19 heavy (non-hydrogen) atoms. The summed E-state index contributed by atoms with van der Waals surface area (Å²) in [5.41, 5.74) is 1.14. The van der Waals surface area contributed by atoms with E-state index >= 15 is 0 Å². The van der Waals surface area contributed by atoms with Crippen molar-refractivity contribution >= 4 is 18.5 Å². The minimum Gasteiger partial charge on any atom is -0.339 e. The Hall–Kier alpha value is -0.960. The lowest BCUT2D eigenvalue weighted by molar-refractivity contribution is 0.0632.